The van der Waals surface area contributed by atoms with E-state index in [0.717, 1.165) is 4.31 Å². The van der Waals surface area contributed by atoms with E-state index >= 15 is 0 Å². The number of fused-ring (bicyclic) bond motifs is 1. The molecule has 1 aromatic rings. The molecule has 1 aliphatic heterocycles. The van der Waals surface area contributed by atoms with Crippen molar-refractivity contribution in [1.82, 2.24) is 4.31 Å². The van der Waals surface area contributed by atoms with Gasteiger partial charge in [-0.15, -0.1) is 0 Å². The molecule has 2 rings (SSSR count). The van der Waals surface area contributed by atoms with Gasteiger partial charge in [-0.1, -0.05) is 23.2 Å². The summed E-state index contributed by atoms with van der Waals surface area (Å²) in [7, 11) is -1.05. The monoisotopic (exact) mass is 339 g/mol. The first-order valence-corrected chi connectivity index (χ1v) is 7.68. The first kappa shape index (κ1) is 15.4. The fraction of sp³-hybridized carbons (Fsp3) is 0.364. The lowest BCUT2D eigenvalue weighted by molar-refractivity contribution is -0.144. The lowest BCUT2D eigenvalue weighted by Crippen LogP contribution is -2.24. The largest absolute Gasteiger partial charge is 0.478 e. The number of carbonyl (C=O) groups is 1. The summed E-state index contributed by atoms with van der Waals surface area (Å²) < 4.78 is 30.5. The fourth-order valence-electron chi connectivity index (χ4n) is 1.82. The quantitative estimate of drug-likeness (QED) is 0.904. The Labute approximate surface area is 125 Å². The first-order valence-electron chi connectivity index (χ1n) is 5.49. The lowest BCUT2D eigenvalue weighted by Gasteiger charge is -2.15. The van der Waals surface area contributed by atoms with Crippen LogP contribution in [0.1, 0.15) is 5.56 Å². The van der Waals surface area contributed by atoms with E-state index in [4.69, 9.17) is 33.0 Å². The Hall–Kier alpha value is -1.02. The SMILES string of the molecule is CN(C)S(=O)(=O)c1cc2c(c(Cl)c1Cl)OC(C(=O)O)C2. The van der Waals surface area contributed by atoms with Crippen LogP contribution in [0, 0.1) is 0 Å². The molecule has 0 radical (unpaired) electrons. The van der Waals surface area contributed by atoms with Crippen LogP contribution in [0.15, 0.2) is 11.0 Å². The molecule has 1 atom stereocenters. The Bertz CT molecular complexity index is 687. The van der Waals surface area contributed by atoms with E-state index in [2.05, 4.69) is 0 Å². The maximum atomic E-state index is 12.1. The highest BCUT2D eigenvalue weighted by molar-refractivity contribution is 7.89. The summed E-state index contributed by atoms with van der Waals surface area (Å²) in [6.45, 7) is 0. The predicted octanol–water partition coefficient (Wildman–Crippen LogP) is 1.63. The minimum atomic E-state index is -3.78. The van der Waals surface area contributed by atoms with E-state index in [1.165, 1.54) is 20.2 Å². The summed E-state index contributed by atoms with van der Waals surface area (Å²) in [5.41, 5.74) is 0.409. The second kappa shape index (κ2) is 5.07. The van der Waals surface area contributed by atoms with Gasteiger partial charge in [0, 0.05) is 26.1 Å². The number of carboxylic acids is 1. The normalized spacial score (nSPS) is 17.9. The predicted molar refractivity (Wildman–Crippen MR) is 73.1 cm³/mol. The highest BCUT2D eigenvalue weighted by Gasteiger charge is 2.35. The molecular formula is C11H11Cl2NO5S. The standard InChI is InChI=1S/C11H11Cl2NO5S/c1-14(2)20(17,18)7-4-5-3-6(11(15)16)19-10(5)9(13)8(7)12/h4,6H,3H2,1-2H3,(H,15,16). The molecule has 110 valence electrons. The van der Waals surface area contributed by atoms with Gasteiger partial charge in [-0.3, -0.25) is 0 Å². The Morgan fingerprint density at radius 1 is 1.40 bits per heavy atom. The third-order valence-electron chi connectivity index (χ3n) is 2.90. The fourth-order valence-corrected chi connectivity index (χ4v) is 3.59. The number of aliphatic carboxylic acids is 1. The number of hydrogen-bond acceptors (Lipinski definition) is 4. The first-order chi connectivity index (χ1) is 9.16. The molecule has 1 heterocycles. The molecule has 1 unspecified atom stereocenters. The topological polar surface area (TPSA) is 83.9 Å². The van der Waals surface area contributed by atoms with Gasteiger partial charge >= 0.3 is 5.97 Å². The van der Waals surface area contributed by atoms with Crippen molar-refractivity contribution in [2.45, 2.75) is 17.4 Å². The summed E-state index contributed by atoms with van der Waals surface area (Å²) in [5.74, 6) is -1.02. The van der Waals surface area contributed by atoms with Gasteiger partial charge in [0.15, 0.2) is 6.10 Å². The molecule has 0 aliphatic carbocycles. The minimum absolute atomic E-state index is 0.0392. The minimum Gasteiger partial charge on any atom is -0.478 e. The van der Waals surface area contributed by atoms with Crippen LogP contribution in [0.25, 0.3) is 0 Å². The van der Waals surface area contributed by atoms with E-state index in [0.29, 0.717) is 5.56 Å². The number of carboxylic acid groups (broad SMARTS) is 1. The van der Waals surface area contributed by atoms with Gasteiger partial charge < -0.3 is 9.84 Å². The maximum absolute atomic E-state index is 12.1. The Morgan fingerprint density at radius 2 is 2.00 bits per heavy atom. The molecule has 1 aliphatic rings. The average Bonchev–Trinajstić information content (AvgIpc) is 2.77. The number of benzene rings is 1. The lowest BCUT2D eigenvalue weighted by atomic mass is 10.1. The number of rotatable bonds is 3. The van der Waals surface area contributed by atoms with Crippen molar-refractivity contribution in [3.63, 3.8) is 0 Å². The van der Waals surface area contributed by atoms with Gasteiger partial charge in [0.2, 0.25) is 10.0 Å². The third-order valence-corrected chi connectivity index (χ3v) is 5.71. The zero-order valence-electron chi connectivity index (χ0n) is 10.6. The maximum Gasteiger partial charge on any atom is 0.345 e. The van der Waals surface area contributed by atoms with Crippen LogP contribution in [-0.4, -0.2) is 44.0 Å². The molecule has 0 saturated carbocycles. The van der Waals surface area contributed by atoms with Gasteiger partial charge in [-0.05, 0) is 6.07 Å². The van der Waals surface area contributed by atoms with Crippen molar-refractivity contribution in [1.29, 1.82) is 0 Å². The van der Waals surface area contributed by atoms with E-state index in [9.17, 15) is 13.2 Å². The van der Waals surface area contributed by atoms with Crippen molar-refractivity contribution in [3.05, 3.63) is 21.7 Å². The van der Waals surface area contributed by atoms with Crippen LogP contribution in [0.3, 0.4) is 0 Å². The number of halogens is 2. The van der Waals surface area contributed by atoms with Crippen molar-refractivity contribution in [3.8, 4) is 5.75 Å². The second-order valence-electron chi connectivity index (χ2n) is 4.43. The van der Waals surface area contributed by atoms with Crippen molar-refractivity contribution in [2.75, 3.05) is 14.1 Å². The molecule has 1 N–H and O–H groups in total. The molecule has 20 heavy (non-hydrogen) atoms. The summed E-state index contributed by atoms with van der Waals surface area (Å²) in [6, 6.07) is 1.31. The summed E-state index contributed by atoms with van der Waals surface area (Å²) in [6.07, 6.45) is -1.05. The molecule has 0 fully saturated rings. The molecule has 0 saturated heterocycles. The molecule has 0 amide bonds. The number of nitrogens with zero attached hydrogens (tertiary/aromatic N) is 1. The molecular weight excluding hydrogens is 329 g/mol. The van der Waals surface area contributed by atoms with Crippen LogP contribution >= 0.6 is 23.2 Å². The van der Waals surface area contributed by atoms with E-state index < -0.39 is 22.1 Å². The van der Waals surface area contributed by atoms with Crippen LogP contribution < -0.4 is 4.74 Å². The van der Waals surface area contributed by atoms with Gasteiger partial charge in [0.1, 0.15) is 15.7 Å². The summed E-state index contributed by atoms with van der Waals surface area (Å²) in [5, 5.41) is 8.67. The highest BCUT2D eigenvalue weighted by Crippen LogP contribution is 2.44. The van der Waals surface area contributed by atoms with E-state index in [1.54, 1.807) is 0 Å². The van der Waals surface area contributed by atoms with Crippen LogP contribution in [0.5, 0.6) is 5.75 Å². The van der Waals surface area contributed by atoms with Gasteiger partial charge in [0.05, 0.1) is 5.02 Å². The Kier molecular flexibility index (Phi) is 3.90. The number of hydrogen-bond donors (Lipinski definition) is 1. The van der Waals surface area contributed by atoms with Crippen LogP contribution in [-0.2, 0) is 21.2 Å². The Morgan fingerprint density at radius 3 is 2.50 bits per heavy atom. The smallest absolute Gasteiger partial charge is 0.345 e. The van der Waals surface area contributed by atoms with E-state index in [-0.39, 0.29) is 27.1 Å². The molecule has 0 bridgehead atoms. The molecule has 1 aromatic carbocycles. The number of sulfonamides is 1. The third kappa shape index (κ3) is 2.35. The highest BCUT2D eigenvalue weighted by atomic mass is 35.5. The Balaban J connectivity index is 2.60. The van der Waals surface area contributed by atoms with Crippen molar-refractivity contribution in [2.24, 2.45) is 0 Å². The van der Waals surface area contributed by atoms with E-state index in [1.807, 2.05) is 0 Å². The molecule has 0 aromatic heterocycles. The van der Waals surface area contributed by atoms with Crippen molar-refractivity contribution >= 4 is 39.2 Å². The second-order valence-corrected chi connectivity index (χ2v) is 7.30. The molecule has 0 spiro atoms. The van der Waals surface area contributed by atoms with Crippen molar-refractivity contribution < 1.29 is 23.1 Å². The van der Waals surface area contributed by atoms with Gasteiger partial charge in [-0.25, -0.2) is 17.5 Å². The van der Waals surface area contributed by atoms with Crippen LogP contribution in [0.2, 0.25) is 10.0 Å². The molecule has 6 nitrogen and oxygen atoms in total. The van der Waals surface area contributed by atoms with Gasteiger partial charge in [0.25, 0.3) is 0 Å². The zero-order chi connectivity index (χ0) is 15.2. The van der Waals surface area contributed by atoms with Crippen LogP contribution in [0.4, 0.5) is 0 Å². The summed E-state index contributed by atoms with van der Waals surface area (Å²) >= 11 is 12.0. The average molecular weight is 340 g/mol. The zero-order valence-corrected chi connectivity index (χ0v) is 12.9. The summed E-state index contributed by atoms with van der Waals surface area (Å²) in [4.78, 5) is 10.8. The number of ether oxygens (including phenoxy) is 1. The molecule has 9 heteroatoms. The van der Waals surface area contributed by atoms with Gasteiger partial charge in [-0.2, -0.15) is 0 Å².